The normalized spacial score (nSPS) is 22.0. The van der Waals surface area contributed by atoms with Crippen molar-refractivity contribution in [3.63, 3.8) is 0 Å². The highest BCUT2D eigenvalue weighted by Gasteiger charge is 2.33. The second kappa shape index (κ2) is 15.6. The van der Waals surface area contributed by atoms with Gasteiger partial charge in [0, 0.05) is 11.1 Å². The summed E-state index contributed by atoms with van der Waals surface area (Å²) in [7, 11) is 0. The fourth-order valence-corrected chi connectivity index (χ4v) is 7.73. The molecule has 0 radical (unpaired) electrons. The number of aryl methyl sites for hydroxylation is 2. The van der Waals surface area contributed by atoms with Crippen LogP contribution in [-0.2, 0) is 12.8 Å². The second-order valence-corrected chi connectivity index (χ2v) is 13.1. The predicted molar refractivity (Wildman–Crippen MR) is 171 cm³/mol. The molecule has 2 saturated carbocycles. The Kier molecular flexibility index (Phi) is 11.6. The molecular formula is C39H44F6O. The fourth-order valence-electron chi connectivity index (χ4n) is 7.73. The number of hydrogen-bond acceptors (Lipinski definition) is 1. The van der Waals surface area contributed by atoms with Crippen molar-refractivity contribution < 1.29 is 31.1 Å². The Hall–Kier alpha value is -3.22. The molecule has 7 heteroatoms. The van der Waals surface area contributed by atoms with Crippen LogP contribution >= 0.6 is 0 Å². The summed E-state index contributed by atoms with van der Waals surface area (Å²) >= 11 is 0. The summed E-state index contributed by atoms with van der Waals surface area (Å²) in [4.78, 5) is 0. The molecule has 0 heterocycles. The van der Waals surface area contributed by atoms with Gasteiger partial charge in [0.15, 0.2) is 34.8 Å². The van der Waals surface area contributed by atoms with E-state index in [4.69, 9.17) is 4.74 Å². The molecule has 0 atom stereocenters. The van der Waals surface area contributed by atoms with E-state index >= 15 is 8.78 Å². The lowest BCUT2D eigenvalue weighted by Crippen LogP contribution is -2.26. The average Bonchev–Trinajstić information content (AvgIpc) is 3.07. The molecule has 0 aromatic heterocycles. The van der Waals surface area contributed by atoms with Crippen LogP contribution in [0.25, 0.3) is 11.1 Å². The standard InChI is InChI=1S/C39H44F6O/c1-3-5-6-7-28-18-20-31(37(43)34(28)40)32-21-19-29(35(41)38(32)44)13-10-24-8-11-25(12-9-24)26-14-16-27(17-15-26)30-22-23-33(46-4-2)39(45)36(30)42/h3,5,18-27H,4,6-17H2,1-2H3. The second-order valence-electron chi connectivity index (χ2n) is 13.1. The van der Waals surface area contributed by atoms with Crippen molar-refractivity contribution in [2.45, 2.75) is 96.8 Å². The third-order valence-electron chi connectivity index (χ3n) is 10.4. The Balaban J connectivity index is 1.12. The number of benzene rings is 3. The van der Waals surface area contributed by atoms with E-state index in [-0.39, 0.29) is 40.5 Å². The first-order valence-electron chi connectivity index (χ1n) is 16.9. The lowest BCUT2D eigenvalue weighted by Gasteiger charge is -2.38. The van der Waals surface area contributed by atoms with Crippen LogP contribution in [0, 0.1) is 52.7 Å². The van der Waals surface area contributed by atoms with E-state index in [0.29, 0.717) is 42.6 Å². The van der Waals surface area contributed by atoms with Crippen molar-refractivity contribution >= 4 is 0 Å². The lowest BCUT2D eigenvalue weighted by atomic mass is 9.68. The van der Waals surface area contributed by atoms with Crippen LogP contribution in [0.1, 0.15) is 101 Å². The summed E-state index contributed by atoms with van der Waals surface area (Å²) in [6, 6.07) is 8.81. The summed E-state index contributed by atoms with van der Waals surface area (Å²) < 4.78 is 94.2. The van der Waals surface area contributed by atoms with E-state index in [9.17, 15) is 17.6 Å². The third-order valence-corrected chi connectivity index (χ3v) is 10.4. The molecule has 0 saturated heterocycles. The first kappa shape index (κ1) is 34.1. The maximum atomic E-state index is 15.1. The van der Waals surface area contributed by atoms with Crippen molar-refractivity contribution in [2.24, 2.45) is 17.8 Å². The van der Waals surface area contributed by atoms with Crippen LogP contribution in [0.15, 0.2) is 48.6 Å². The van der Waals surface area contributed by atoms with Gasteiger partial charge in [-0.3, -0.25) is 0 Å². The number of halogens is 6. The largest absolute Gasteiger partial charge is 0.491 e. The monoisotopic (exact) mass is 642 g/mol. The molecule has 0 unspecified atom stereocenters. The van der Waals surface area contributed by atoms with Crippen molar-refractivity contribution in [1.29, 1.82) is 0 Å². The zero-order chi connectivity index (χ0) is 32.8. The highest BCUT2D eigenvalue weighted by Crippen LogP contribution is 2.45. The molecule has 2 aliphatic carbocycles. The molecule has 248 valence electrons. The molecule has 0 amide bonds. The maximum absolute atomic E-state index is 15.1. The van der Waals surface area contributed by atoms with Crippen LogP contribution < -0.4 is 4.74 Å². The Morgan fingerprint density at radius 3 is 1.76 bits per heavy atom. The minimum atomic E-state index is -1.16. The van der Waals surface area contributed by atoms with Gasteiger partial charge in [0.1, 0.15) is 0 Å². The summed E-state index contributed by atoms with van der Waals surface area (Å²) in [5.41, 5.74) is 0.354. The molecule has 2 fully saturated rings. The van der Waals surface area contributed by atoms with Crippen LogP contribution in [0.5, 0.6) is 5.75 Å². The Morgan fingerprint density at radius 1 is 0.630 bits per heavy atom. The Bertz CT molecular complexity index is 1520. The van der Waals surface area contributed by atoms with Gasteiger partial charge in [0.25, 0.3) is 0 Å². The summed E-state index contributed by atoms with van der Waals surface area (Å²) in [6.45, 7) is 3.87. The first-order valence-corrected chi connectivity index (χ1v) is 16.9. The molecular weight excluding hydrogens is 598 g/mol. The van der Waals surface area contributed by atoms with Crippen molar-refractivity contribution in [2.75, 3.05) is 6.61 Å². The van der Waals surface area contributed by atoms with Gasteiger partial charge in [-0.25, -0.2) is 22.0 Å². The van der Waals surface area contributed by atoms with Crippen LogP contribution in [0.2, 0.25) is 0 Å². The molecule has 3 aromatic carbocycles. The SMILES string of the molecule is CC=CCCc1ccc(-c2ccc(CCC3CCC(C4CCC(c5ccc(OCC)c(F)c5F)CC4)CC3)c(F)c2F)c(F)c1F. The van der Waals surface area contributed by atoms with E-state index in [0.717, 1.165) is 57.8 Å². The van der Waals surface area contributed by atoms with Crippen LogP contribution in [0.3, 0.4) is 0 Å². The molecule has 46 heavy (non-hydrogen) atoms. The zero-order valence-corrected chi connectivity index (χ0v) is 26.8. The van der Waals surface area contributed by atoms with E-state index in [1.807, 2.05) is 19.1 Å². The van der Waals surface area contributed by atoms with E-state index in [2.05, 4.69) is 0 Å². The number of hydrogen-bond donors (Lipinski definition) is 0. The summed E-state index contributed by atoms with van der Waals surface area (Å²) in [5, 5.41) is 0. The van der Waals surface area contributed by atoms with Gasteiger partial charge in [-0.05, 0) is 124 Å². The summed E-state index contributed by atoms with van der Waals surface area (Å²) in [5.74, 6) is -4.46. The fraction of sp³-hybridized carbons (Fsp3) is 0.487. The van der Waals surface area contributed by atoms with Gasteiger partial charge in [-0.1, -0.05) is 55.3 Å². The topological polar surface area (TPSA) is 9.23 Å². The molecule has 0 spiro atoms. The molecule has 0 bridgehead atoms. The lowest BCUT2D eigenvalue weighted by molar-refractivity contribution is 0.156. The predicted octanol–water partition coefficient (Wildman–Crippen LogP) is 11.8. The van der Waals surface area contributed by atoms with Gasteiger partial charge in [-0.2, -0.15) is 4.39 Å². The molecule has 0 N–H and O–H groups in total. The number of allylic oxidation sites excluding steroid dienone is 2. The van der Waals surface area contributed by atoms with Gasteiger partial charge in [-0.15, -0.1) is 0 Å². The molecule has 0 aliphatic heterocycles. The molecule has 5 rings (SSSR count). The highest BCUT2D eigenvalue weighted by molar-refractivity contribution is 5.66. The molecule has 2 aliphatic rings. The maximum Gasteiger partial charge on any atom is 0.200 e. The van der Waals surface area contributed by atoms with E-state index in [1.165, 1.54) is 30.3 Å². The minimum Gasteiger partial charge on any atom is -0.491 e. The average molecular weight is 643 g/mol. The van der Waals surface area contributed by atoms with Gasteiger partial charge < -0.3 is 4.74 Å². The van der Waals surface area contributed by atoms with Gasteiger partial charge in [0.2, 0.25) is 5.82 Å². The minimum absolute atomic E-state index is 0.0162. The molecule has 3 aromatic rings. The van der Waals surface area contributed by atoms with Crippen molar-refractivity contribution in [1.82, 2.24) is 0 Å². The third kappa shape index (κ3) is 7.50. The first-order chi connectivity index (χ1) is 22.2. The summed E-state index contributed by atoms with van der Waals surface area (Å²) in [6.07, 6.45) is 13.6. The van der Waals surface area contributed by atoms with E-state index < -0.39 is 34.9 Å². The van der Waals surface area contributed by atoms with Crippen molar-refractivity contribution in [3.05, 3.63) is 100 Å². The zero-order valence-electron chi connectivity index (χ0n) is 26.8. The van der Waals surface area contributed by atoms with Gasteiger partial charge in [0.05, 0.1) is 6.61 Å². The van der Waals surface area contributed by atoms with Crippen LogP contribution in [0.4, 0.5) is 26.3 Å². The highest BCUT2D eigenvalue weighted by atomic mass is 19.2. The number of rotatable bonds is 11. The Morgan fingerprint density at radius 2 is 1.20 bits per heavy atom. The number of ether oxygens (including phenoxy) is 1. The smallest absolute Gasteiger partial charge is 0.200 e. The quantitative estimate of drug-likeness (QED) is 0.149. The van der Waals surface area contributed by atoms with E-state index in [1.54, 1.807) is 13.0 Å². The Labute approximate surface area is 269 Å². The van der Waals surface area contributed by atoms with Crippen LogP contribution in [-0.4, -0.2) is 6.61 Å². The molecule has 1 nitrogen and oxygen atoms in total. The van der Waals surface area contributed by atoms with Gasteiger partial charge >= 0.3 is 0 Å². The van der Waals surface area contributed by atoms with Crippen molar-refractivity contribution in [3.8, 4) is 16.9 Å².